The van der Waals surface area contributed by atoms with Gasteiger partial charge in [-0.25, -0.2) is 4.79 Å². The Bertz CT molecular complexity index is 1310. The highest BCUT2D eigenvalue weighted by atomic mass is 16.4. The zero-order valence-corrected chi connectivity index (χ0v) is 22.1. The first-order chi connectivity index (χ1) is 19.3. The summed E-state index contributed by atoms with van der Waals surface area (Å²) in [6, 6.07) is 1.46. The molecule has 2 rings (SSSR count). The number of para-hydroxylation sites is 1. The van der Waals surface area contributed by atoms with Crippen molar-refractivity contribution in [1.29, 1.82) is 0 Å². The summed E-state index contributed by atoms with van der Waals surface area (Å²) in [5.74, 6) is -6.61. The minimum absolute atomic E-state index is 0.104. The number of rotatable bonds is 17. The Labute approximate surface area is 233 Å². The number of fused-ring (bicyclic) bond motifs is 1. The predicted octanol–water partition coefficient (Wildman–Crippen LogP) is -3.02. The number of carboxylic acids is 1. The molecule has 0 radical (unpaired) electrons. The maximum Gasteiger partial charge on any atom is 0.326 e. The Morgan fingerprint density at radius 2 is 1.32 bits per heavy atom. The fraction of sp³-hybridized carbons (Fsp3) is 0.400. The van der Waals surface area contributed by atoms with Crippen LogP contribution in [-0.4, -0.2) is 75.7 Å². The van der Waals surface area contributed by atoms with Crippen LogP contribution in [0.4, 0.5) is 0 Å². The van der Waals surface area contributed by atoms with Crippen molar-refractivity contribution in [2.24, 2.45) is 22.9 Å². The van der Waals surface area contributed by atoms with E-state index < -0.39 is 72.0 Å². The summed E-state index contributed by atoms with van der Waals surface area (Å²) >= 11 is 0. The third-order valence-corrected chi connectivity index (χ3v) is 6.10. The molecule has 0 bridgehead atoms. The number of nitrogens with two attached hydrogens (primary N) is 4. The Morgan fingerprint density at radius 3 is 1.93 bits per heavy atom. The summed E-state index contributed by atoms with van der Waals surface area (Å²) in [5, 5.41) is 17.2. The Morgan fingerprint density at radius 1 is 0.756 bits per heavy atom. The summed E-state index contributed by atoms with van der Waals surface area (Å²) in [6.07, 6.45) is -0.0685. The molecule has 2 aromatic rings. The predicted molar refractivity (Wildman–Crippen MR) is 144 cm³/mol. The lowest BCUT2D eigenvalue weighted by Gasteiger charge is -2.25. The van der Waals surface area contributed by atoms with Crippen LogP contribution in [0.25, 0.3) is 10.9 Å². The monoisotopic (exact) mass is 574 g/mol. The molecule has 4 atom stereocenters. The molecule has 16 nitrogen and oxygen atoms in total. The van der Waals surface area contributed by atoms with Crippen LogP contribution in [0.1, 0.15) is 37.7 Å². The third kappa shape index (κ3) is 10.2. The third-order valence-electron chi connectivity index (χ3n) is 6.10. The summed E-state index contributed by atoms with van der Waals surface area (Å²) in [5.41, 5.74) is 22.5. The first-order valence-corrected chi connectivity index (χ1v) is 12.6. The molecule has 1 heterocycles. The average molecular weight is 575 g/mol. The van der Waals surface area contributed by atoms with Gasteiger partial charge in [-0.2, -0.15) is 0 Å². The van der Waals surface area contributed by atoms with E-state index in [4.69, 9.17) is 22.9 Å². The number of hydrogen-bond donors (Lipinski definition) is 9. The number of amides is 6. The second-order valence-corrected chi connectivity index (χ2v) is 9.37. The van der Waals surface area contributed by atoms with Gasteiger partial charge in [0.15, 0.2) is 0 Å². The molecule has 6 amide bonds. The van der Waals surface area contributed by atoms with Crippen molar-refractivity contribution in [1.82, 2.24) is 20.9 Å². The SMILES string of the molecule is NC(=O)CCC(N)C(=O)NC(CCC(N)=O)C(=O)NC(Cc1c[nH]c2ccccc12)C(=O)NC(CC(N)=O)C(=O)O. The van der Waals surface area contributed by atoms with E-state index in [1.165, 1.54) is 0 Å². The van der Waals surface area contributed by atoms with Crippen molar-refractivity contribution in [3.8, 4) is 0 Å². The van der Waals surface area contributed by atoms with Crippen molar-refractivity contribution < 1.29 is 38.7 Å². The van der Waals surface area contributed by atoms with Gasteiger partial charge in [-0.05, 0) is 24.5 Å². The number of carbonyl (C=O) groups is 7. The lowest BCUT2D eigenvalue weighted by atomic mass is 10.0. The molecular formula is C25H34N8O8. The number of H-pyrrole nitrogens is 1. The number of carbonyl (C=O) groups excluding carboxylic acids is 6. The number of carboxylic acid groups (broad SMARTS) is 1. The molecule has 0 aliphatic heterocycles. The number of nitrogens with one attached hydrogen (secondary N) is 4. The molecule has 4 unspecified atom stereocenters. The van der Waals surface area contributed by atoms with Crippen LogP contribution in [0, 0.1) is 0 Å². The van der Waals surface area contributed by atoms with E-state index in [9.17, 15) is 38.7 Å². The summed E-state index contributed by atoms with van der Waals surface area (Å²) < 4.78 is 0. The molecule has 0 fully saturated rings. The highest BCUT2D eigenvalue weighted by Crippen LogP contribution is 2.19. The summed E-state index contributed by atoms with van der Waals surface area (Å²) in [6.45, 7) is 0. The zero-order valence-electron chi connectivity index (χ0n) is 22.1. The number of primary amides is 3. The first kappa shape index (κ1) is 32.2. The second-order valence-electron chi connectivity index (χ2n) is 9.37. The van der Waals surface area contributed by atoms with Gasteiger partial charge in [-0.15, -0.1) is 0 Å². The van der Waals surface area contributed by atoms with Gasteiger partial charge in [-0.3, -0.25) is 28.8 Å². The average Bonchev–Trinajstić information content (AvgIpc) is 3.30. The Balaban J connectivity index is 2.32. The van der Waals surface area contributed by atoms with Crippen LogP contribution in [0.3, 0.4) is 0 Å². The molecule has 0 saturated heterocycles. The Kier molecular flexibility index (Phi) is 11.8. The number of hydrogen-bond acceptors (Lipinski definition) is 8. The van der Waals surface area contributed by atoms with Crippen LogP contribution >= 0.6 is 0 Å². The highest BCUT2D eigenvalue weighted by molar-refractivity contribution is 5.96. The Hall–Kier alpha value is -4.99. The fourth-order valence-corrected chi connectivity index (χ4v) is 3.94. The van der Waals surface area contributed by atoms with E-state index in [1.807, 2.05) is 0 Å². The van der Waals surface area contributed by atoms with Gasteiger partial charge in [0, 0.05) is 36.4 Å². The summed E-state index contributed by atoms with van der Waals surface area (Å²) in [4.78, 5) is 87.5. The van der Waals surface area contributed by atoms with Crippen LogP contribution in [0.2, 0.25) is 0 Å². The van der Waals surface area contributed by atoms with E-state index >= 15 is 0 Å². The minimum atomic E-state index is -1.67. The lowest BCUT2D eigenvalue weighted by molar-refractivity contribution is -0.143. The highest BCUT2D eigenvalue weighted by Gasteiger charge is 2.31. The van der Waals surface area contributed by atoms with Crippen molar-refractivity contribution in [2.75, 3.05) is 0 Å². The number of aliphatic carboxylic acids is 1. The van der Waals surface area contributed by atoms with Gasteiger partial charge in [-0.1, -0.05) is 18.2 Å². The van der Waals surface area contributed by atoms with E-state index in [0.717, 1.165) is 10.9 Å². The molecule has 41 heavy (non-hydrogen) atoms. The van der Waals surface area contributed by atoms with Gasteiger partial charge < -0.3 is 49.0 Å². The molecule has 1 aromatic heterocycles. The molecule has 0 spiro atoms. The molecule has 13 N–H and O–H groups in total. The van der Waals surface area contributed by atoms with E-state index in [0.29, 0.717) is 5.56 Å². The zero-order chi connectivity index (χ0) is 30.7. The van der Waals surface area contributed by atoms with E-state index in [2.05, 4.69) is 20.9 Å². The molecule has 0 aliphatic rings. The van der Waals surface area contributed by atoms with Gasteiger partial charge in [0.2, 0.25) is 35.4 Å². The van der Waals surface area contributed by atoms with Crippen LogP contribution in [0.5, 0.6) is 0 Å². The number of benzene rings is 1. The fourth-order valence-electron chi connectivity index (χ4n) is 3.94. The van der Waals surface area contributed by atoms with Gasteiger partial charge in [0.1, 0.15) is 18.1 Å². The van der Waals surface area contributed by atoms with E-state index in [-0.39, 0.29) is 32.1 Å². The van der Waals surface area contributed by atoms with Gasteiger partial charge in [0.25, 0.3) is 0 Å². The van der Waals surface area contributed by atoms with Crippen molar-refractivity contribution in [2.45, 2.75) is 62.7 Å². The van der Waals surface area contributed by atoms with Crippen LogP contribution in [-0.2, 0) is 40.0 Å². The van der Waals surface area contributed by atoms with Crippen LogP contribution in [0.15, 0.2) is 30.5 Å². The molecule has 0 saturated carbocycles. The molecular weight excluding hydrogens is 540 g/mol. The molecule has 0 aliphatic carbocycles. The lowest BCUT2D eigenvalue weighted by Crippen LogP contribution is -2.58. The normalized spacial score (nSPS) is 13.8. The topological polar surface area (TPSA) is 296 Å². The van der Waals surface area contributed by atoms with Crippen molar-refractivity contribution >= 4 is 52.3 Å². The van der Waals surface area contributed by atoms with Crippen molar-refractivity contribution in [3.05, 3.63) is 36.0 Å². The number of aromatic nitrogens is 1. The standard InChI is InChI=1S/C25H34N8O8/c26-14(5-7-19(27)34)22(37)31-16(6-8-20(28)35)23(38)32-17(24(39)33-18(25(40)41)10-21(29)36)9-12-11-30-15-4-2-1-3-13(12)15/h1-4,11,14,16-18,30H,5-10,26H2,(H2,27,34)(H2,28,35)(H2,29,36)(H,31,37)(H,32,38)(H,33,39)(H,40,41). The largest absolute Gasteiger partial charge is 0.480 e. The minimum Gasteiger partial charge on any atom is -0.480 e. The van der Waals surface area contributed by atoms with Crippen LogP contribution < -0.4 is 38.9 Å². The smallest absolute Gasteiger partial charge is 0.326 e. The molecule has 16 heteroatoms. The quantitative estimate of drug-likeness (QED) is 0.0927. The van der Waals surface area contributed by atoms with Crippen molar-refractivity contribution in [3.63, 3.8) is 0 Å². The van der Waals surface area contributed by atoms with Gasteiger partial charge >= 0.3 is 5.97 Å². The summed E-state index contributed by atoms with van der Waals surface area (Å²) in [7, 11) is 0. The van der Waals surface area contributed by atoms with Gasteiger partial charge in [0.05, 0.1) is 12.5 Å². The molecule has 222 valence electrons. The number of aromatic amines is 1. The molecule has 1 aromatic carbocycles. The second kappa shape index (κ2) is 15.0. The van der Waals surface area contributed by atoms with E-state index in [1.54, 1.807) is 30.5 Å². The maximum atomic E-state index is 13.3. The first-order valence-electron chi connectivity index (χ1n) is 12.6. The maximum absolute atomic E-state index is 13.3.